The van der Waals surface area contributed by atoms with Crippen molar-refractivity contribution in [1.82, 2.24) is 0 Å². The van der Waals surface area contributed by atoms with Crippen LogP contribution in [0.15, 0.2) is 51.7 Å². The quantitative estimate of drug-likeness (QED) is 0.652. The number of benzene rings is 2. The molecular weight excluding hydrogens is 320 g/mol. The average Bonchev–Trinajstić information content (AvgIpc) is 2.60. The Hall–Kier alpha value is -3.08. The number of hydrogen-bond acceptors (Lipinski definition) is 5. The Kier molecular flexibility index (Phi) is 4.57. The van der Waals surface area contributed by atoms with Gasteiger partial charge in [-0.3, -0.25) is 4.79 Å². The molecule has 0 atom stereocenters. The van der Waals surface area contributed by atoms with Crippen LogP contribution in [0.1, 0.15) is 18.1 Å². The van der Waals surface area contributed by atoms with Crippen LogP contribution >= 0.6 is 0 Å². The molecular formula is C20H18O5. The molecule has 0 fully saturated rings. The lowest BCUT2D eigenvalue weighted by Gasteiger charge is -2.11. The van der Waals surface area contributed by atoms with Crippen LogP contribution in [0.25, 0.3) is 22.3 Å². The van der Waals surface area contributed by atoms with Crippen molar-refractivity contribution in [3.05, 3.63) is 63.8 Å². The van der Waals surface area contributed by atoms with Gasteiger partial charge < -0.3 is 13.9 Å². The first-order valence-corrected chi connectivity index (χ1v) is 7.99. The zero-order valence-electron chi connectivity index (χ0n) is 14.3. The average molecular weight is 338 g/mol. The molecule has 128 valence electrons. The Morgan fingerprint density at radius 3 is 2.44 bits per heavy atom. The van der Waals surface area contributed by atoms with Crippen molar-refractivity contribution in [1.29, 1.82) is 0 Å². The maximum Gasteiger partial charge on any atom is 0.514 e. The van der Waals surface area contributed by atoms with Gasteiger partial charge in [0.25, 0.3) is 0 Å². The van der Waals surface area contributed by atoms with Gasteiger partial charge in [-0.1, -0.05) is 30.3 Å². The summed E-state index contributed by atoms with van der Waals surface area (Å²) in [6.07, 6.45) is -0.935. The van der Waals surface area contributed by atoms with Crippen LogP contribution in [0.5, 0.6) is 5.75 Å². The van der Waals surface area contributed by atoms with E-state index in [1.54, 1.807) is 25.1 Å². The number of fused-ring (bicyclic) bond motifs is 1. The van der Waals surface area contributed by atoms with E-state index in [2.05, 4.69) is 0 Å². The smallest absolute Gasteiger partial charge is 0.452 e. The zero-order chi connectivity index (χ0) is 18.0. The SMILES string of the molecule is CCOC(=O)Oc1c(-c2ccccc2)oc2cc(C)c(C)cc2c1=O. The molecule has 0 unspecified atom stereocenters. The first kappa shape index (κ1) is 16.8. The van der Waals surface area contributed by atoms with Crippen LogP contribution in [0.2, 0.25) is 0 Å². The van der Waals surface area contributed by atoms with Gasteiger partial charge >= 0.3 is 6.16 Å². The first-order valence-electron chi connectivity index (χ1n) is 7.99. The van der Waals surface area contributed by atoms with Gasteiger partial charge in [-0.05, 0) is 44.0 Å². The van der Waals surface area contributed by atoms with Gasteiger partial charge in [0.2, 0.25) is 11.2 Å². The van der Waals surface area contributed by atoms with E-state index in [-0.39, 0.29) is 18.1 Å². The molecule has 0 radical (unpaired) electrons. The summed E-state index contributed by atoms with van der Waals surface area (Å²) in [5.41, 5.74) is 2.64. The van der Waals surface area contributed by atoms with E-state index in [9.17, 15) is 9.59 Å². The third kappa shape index (κ3) is 3.26. The standard InChI is InChI=1S/C20H18O5/c1-4-23-20(22)25-19-17(21)15-10-12(2)13(3)11-16(15)24-18(19)14-8-6-5-7-9-14/h5-11H,4H2,1-3H3. The van der Waals surface area contributed by atoms with Crippen LogP contribution in [0.4, 0.5) is 4.79 Å². The molecule has 0 aliphatic carbocycles. The summed E-state index contributed by atoms with van der Waals surface area (Å²) in [7, 11) is 0. The van der Waals surface area contributed by atoms with Crippen LogP contribution < -0.4 is 10.2 Å². The van der Waals surface area contributed by atoms with E-state index in [1.807, 2.05) is 38.1 Å². The molecule has 0 aliphatic heterocycles. The van der Waals surface area contributed by atoms with Crippen molar-refractivity contribution in [2.45, 2.75) is 20.8 Å². The fraction of sp³-hybridized carbons (Fsp3) is 0.200. The normalized spacial score (nSPS) is 10.7. The Morgan fingerprint density at radius 1 is 1.08 bits per heavy atom. The Labute approximate surface area is 144 Å². The first-order chi connectivity index (χ1) is 12.0. The summed E-state index contributed by atoms with van der Waals surface area (Å²) < 4.78 is 15.9. The van der Waals surface area contributed by atoms with Gasteiger partial charge in [-0.2, -0.15) is 0 Å². The topological polar surface area (TPSA) is 65.7 Å². The van der Waals surface area contributed by atoms with Crippen molar-refractivity contribution in [2.24, 2.45) is 0 Å². The fourth-order valence-electron chi connectivity index (χ4n) is 2.54. The largest absolute Gasteiger partial charge is 0.514 e. The highest BCUT2D eigenvalue weighted by Gasteiger charge is 2.21. The second-order valence-electron chi connectivity index (χ2n) is 5.67. The van der Waals surface area contributed by atoms with Crippen molar-refractivity contribution in [3.63, 3.8) is 0 Å². The summed E-state index contributed by atoms with van der Waals surface area (Å²) in [6, 6.07) is 12.6. The zero-order valence-corrected chi connectivity index (χ0v) is 14.3. The molecule has 25 heavy (non-hydrogen) atoms. The molecule has 0 saturated carbocycles. The highest BCUT2D eigenvalue weighted by atomic mass is 16.7. The highest BCUT2D eigenvalue weighted by molar-refractivity contribution is 5.84. The summed E-state index contributed by atoms with van der Waals surface area (Å²) in [5.74, 6) is 0.0369. The molecule has 5 nitrogen and oxygen atoms in total. The van der Waals surface area contributed by atoms with Crippen molar-refractivity contribution in [2.75, 3.05) is 6.61 Å². The lowest BCUT2D eigenvalue weighted by atomic mass is 10.1. The molecule has 0 bridgehead atoms. The van der Waals surface area contributed by atoms with E-state index in [4.69, 9.17) is 13.9 Å². The summed E-state index contributed by atoms with van der Waals surface area (Å²) in [4.78, 5) is 24.7. The minimum absolute atomic E-state index is 0.150. The van der Waals surface area contributed by atoms with Gasteiger partial charge in [0, 0.05) is 5.56 Å². The second-order valence-corrected chi connectivity index (χ2v) is 5.67. The molecule has 0 aliphatic rings. The van der Waals surface area contributed by atoms with Crippen molar-refractivity contribution < 1.29 is 18.7 Å². The van der Waals surface area contributed by atoms with Gasteiger partial charge in [0.1, 0.15) is 5.58 Å². The number of hydrogen-bond donors (Lipinski definition) is 0. The third-order valence-electron chi connectivity index (χ3n) is 3.95. The molecule has 5 heteroatoms. The Morgan fingerprint density at radius 2 is 1.76 bits per heavy atom. The molecule has 2 aromatic carbocycles. The van der Waals surface area contributed by atoms with Crippen LogP contribution in [0.3, 0.4) is 0 Å². The molecule has 0 amide bonds. The van der Waals surface area contributed by atoms with Crippen LogP contribution in [-0.2, 0) is 4.74 Å². The minimum atomic E-state index is -0.935. The maximum atomic E-state index is 12.9. The number of ether oxygens (including phenoxy) is 2. The van der Waals surface area contributed by atoms with Crippen molar-refractivity contribution >= 4 is 17.1 Å². The van der Waals surface area contributed by atoms with Crippen LogP contribution in [-0.4, -0.2) is 12.8 Å². The van der Waals surface area contributed by atoms with Gasteiger partial charge in [0.15, 0.2) is 5.76 Å². The summed E-state index contributed by atoms with van der Waals surface area (Å²) >= 11 is 0. The van der Waals surface area contributed by atoms with Crippen LogP contribution in [0, 0.1) is 13.8 Å². The molecule has 3 rings (SSSR count). The Bertz CT molecular complexity index is 986. The lowest BCUT2D eigenvalue weighted by molar-refractivity contribution is 0.103. The van der Waals surface area contributed by atoms with E-state index in [0.717, 1.165) is 11.1 Å². The van der Waals surface area contributed by atoms with Gasteiger partial charge in [-0.15, -0.1) is 0 Å². The lowest BCUT2D eigenvalue weighted by Crippen LogP contribution is -2.17. The number of aryl methyl sites for hydroxylation is 2. The summed E-state index contributed by atoms with van der Waals surface area (Å²) in [5, 5.41) is 0.363. The van der Waals surface area contributed by atoms with Crippen molar-refractivity contribution in [3.8, 4) is 17.1 Å². The van der Waals surface area contributed by atoms with Gasteiger partial charge in [0.05, 0.1) is 12.0 Å². The molecule has 3 aromatic rings. The van der Waals surface area contributed by atoms with E-state index < -0.39 is 11.6 Å². The van der Waals surface area contributed by atoms with E-state index in [0.29, 0.717) is 16.5 Å². The van der Waals surface area contributed by atoms with E-state index in [1.165, 1.54) is 0 Å². The van der Waals surface area contributed by atoms with E-state index >= 15 is 0 Å². The fourth-order valence-corrected chi connectivity index (χ4v) is 2.54. The maximum absolute atomic E-state index is 12.9. The third-order valence-corrected chi connectivity index (χ3v) is 3.95. The minimum Gasteiger partial charge on any atom is -0.452 e. The molecule has 0 spiro atoms. The monoisotopic (exact) mass is 338 g/mol. The number of rotatable bonds is 3. The van der Waals surface area contributed by atoms with Gasteiger partial charge in [-0.25, -0.2) is 4.79 Å². The predicted molar refractivity (Wildman–Crippen MR) is 95.0 cm³/mol. The molecule has 1 aromatic heterocycles. The molecule has 0 N–H and O–H groups in total. The molecule has 1 heterocycles. The number of carbonyl (C=O) groups excluding carboxylic acids is 1. The second kappa shape index (κ2) is 6.81. The Balaban J connectivity index is 2.29. The highest BCUT2D eigenvalue weighted by Crippen LogP contribution is 2.31. The number of carbonyl (C=O) groups is 1. The molecule has 0 saturated heterocycles. The summed E-state index contributed by atoms with van der Waals surface area (Å²) in [6.45, 7) is 5.66. The predicted octanol–water partition coefficient (Wildman–Crippen LogP) is 4.61.